The Morgan fingerprint density at radius 1 is 0.857 bits per heavy atom. The molecule has 186 valence electrons. The molecular formula is C26H33Cl2N7. The first-order chi connectivity index (χ1) is 16.9. The van der Waals surface area contributed by atoms with Gasteiger partial charge < -0.3 is 15.5 Å². The number of hydrogen-bond donors (Lipinski definition) is 2. The van der Waals surface area contributed by atoms with E-state index in [9.17, 15) is 0 Å². The number of hydrogen-bond acceptors (Lipinski definition) is 6. The summed E-state index contributed by atoms with van der Waals surface area (Å²) >= 11 is 12.3. The molecule has 0 saturated carbocycles. The van der Waals surface area contributed by atoms with E-state index >= 15 is 0 Å². The van der Waals surface area contributed by atoms with Crippen molar-refractivity contribution in [2.45, 2.75) is 43.8 Å². The third-order valence-corrected chi connectivity index (χ3v) is 8.01. The number of halogens is 2. The van der Waals surface area contributed by atoms with Crippen LogP contribution in [-0.4, -0.2) is 76.3 Å². The average Bonchev–Trinajstić information content (AvgIpc) is 3.30. The molecule has 1 unspecified atom stereocenters. The molecule has 3 N–H and O–H groups in total. The lowest BCUT2D eigenvalue weighted by molar-refractivity contribution is 0.00734. The van der Waals surface area contributed by atoms with Gasteiger partial charge in [0.1, 0.15) is 0 Å². The Kier molecular flexibility index (Phi) is 7.48. The highest BCUT2D eigenvalue weighted by Crippen LogP contribution is 2.28. The molecule has 2 aliphatic heterocycles. The SMILES string of the molecule is CN1C[C@H](Cc2ccc(Cl)cc2)N(C2CCN(c3nnc(N)[nH]3)CC2)CC1Cc1ccc(Cl)cc1. The largest absolute Gasteiger partial charge is 0.368 e. The molecular weight excluding hydrogens is 481 g/mol. The van der Waals surface area contributed by atoms with Gasteiger partial charge in [-0.05, 0) is 68.1 Å². The number of nitrogens with one attached hydrogen (secondary N) is 1. The molecule has 0 aliphatic carbocycles. The van der Waals surface area contributed by atoms with Crippen LogP contribution in [0.15, 0.2) is 48.5 Å². The zero-order valence-electron chi connectivity index (χ0n) is 20.1. The van der Waals surface area contributed by atoms with Crippen LogP contribution in [0.5, 0.6) is 0 Å². The smallest absolute Gasteiger partial charge is 0.226 e. The van der Waals surface area contributed by atoms with E-state index in [0.717, 1.165) is 67.9 Å². The zero-order chi connectivity index (χ0) is 24.4. The van der Waals surface area contributed by atoms with Crippen molar-refractivity contribution in [2.75, 3.05) is 43.9 Å². The molecule has 9 heteroatoms. The highest BCUT2D eigenvalue weighted by molar-refractivity contribution is 6.30. The summed E-state index contributed by atoms with van der Waals surface area (Å²) in [6.45, 7) is 3.99. The number of likely N-dealkylation sites (N-methyl/N-ethyl adjacent to an activating group) is 1. The van der Waals surface area contributed by atoms with Crippen LogP contribution < -0.4 is 10.6 Å². The Hall–Kier alpha value is -2.32. The maximum absolute atomic E-state index is 6.15. The Bertz CT molecular complexity index is 1090. The lowest BCUT2D eigenvalue weighted by Crippen LogP contribution is -2.62. The predicted octanol–water partition coefficient (Wildman–Crippen LogP) is 4.13. The van der Waals surface area contributed by atoms with Crippen molar-refractivity contribution in [1.82, 2.24) is 25.0 Å². The minimum Gasteiger partial charge on any atom is -0.368 e. The highest BCUT2D eigenvalue weighted by atomic mass is 35.5. The van der Waals surface area contributed by atoms with E-state index in [-0.39, 0.29) is 0 Å². The fourth-order valence-corrected chi connectivity index (χ4v) is 5.82. The van der Waals surface area contributed by atoms with E-state index in [0.29, 0.717) is 24.1 Å². The lowest BCUT2D eigenvalue weighted by atomic mass is 9.92. The number of piperidine rings is 1. The average molecular weight is 515 g/mol. The Morgan fingerprint density at radius 2 is 1.43 bits per heavy atom. The van der Waals surface area contributed by atoms with Gasteiger partial charge in [0.2, 0.25) is 11.9 Å². The Balaban J connectivity index is 1.31. The number of H-pyrrole nitrogens is 1. The maximum atomic E-state index is 6.15. The molecule has 0 radical (unpaired) electrons. The molecule has 3 heterocycles. The van der Waals surface area contributed by atoms with Crippen molar-refractivity contribution < 1.29 is 0 Å². The van der Waals surface area contributed by atoms with Crippen LogP contribution in [0, 0.1) is 0 Å². The molecule has 0 amide bonds. The number of nitrogens with two attached hydrogens (primary N) is 1. The van der Waals surface area contributed by atoms with Crippen molar-refractivity contribution in [2.24, 2.45) is 0 Å². The highest BCUT2D eigenvalue weighted by Gasteiger charge is 2.37. The molecule has 2 saturated heterocycles. The summed E-state index contributed by atoms with van der Waals surface area (Å²) in [5, 5.41) is 9.69. The molecule has 1 aromatic heterocycles. The second kappa shape index (κ2) is 10.7. The van der Waals surface area contributed by atoms with Crippen molar-refractivity contribution in [3.8, 4) is 0 Å². The predicted molar refractivity (Wildman–Crippen MR) is 143 cm³/mol. The Morgan fingerprint density at radius 3 is 1.97 bits per heavy atom. The van der Waals surface area contributed by atoms with Crippen LogP contribution in [0.1, 0.15) is 24.0 Å². The molecule has 2 fully saturated rings. The molecule has 5 rings (SSSR count). The quantitative estimate of drug-likeness (QED) is 0.515. The van der Waals surface area contributed by atoms with Gasteiger partial charge in [-0.1, -0.05) is 47.5 Å². The first kappa shape index (κ1) is 24.4. The van der Waals surface area contributed by atoms with Crippen molar-refractivity contribution in [1.29, 1.82) is 0 Å². The summed E-state index contributed by atoms with van der Waals surface area (Å²) < 4.78 is 0. The summed E-state index contributed by atoms with van der Waals surface area (Å²) in [7, 11) is 2.27. The number of benzene rings is 2. The van der Waals surface area contributed by atoms with E-state index in [1.807, 2.05) is 24.3 Å². The summed E-state index contributed by atoms with van der Waals surface area (Å²) in [5.74, 6) is 1.15. The summed E-state index contributed by atoms with van der Waals surface area (Å²) in [6, 6.07) is 18.1. The first-order valence-electron chi connectivity index (χ1n) is 12.3. The zero-order valence-corrected chi connectivity index (χ0v) is 21.6. The summed E-state index contributed by atoms with van der Waals surface area (Å²) in [6.07, 6.45) is 4.23. The van der Waals surface area contributed by atoms with Crippen LogP contribution in [0.4, 0.5) is 11.9 Å². The number of aromatic amines is 1. The van der Waals surface area contributed by atoms with Gasteiger partial charge in [-0.25, -0.2) is 0 Å². The molecule has 35 heavy (non-hydrogen) atoms. The molecule has 7 nitrogen and oxygen atoms in total. The molecule has 2 atom stereocenters. The van der Waals surface area contributed by atoms with Crippen LogP contribution in [0.3, 0.4) is 0 Å². The van der Waals surface area contributed by atoms with Crippen LogP contribution >= 0.6 is 23.2 Å². The number of nitrogen functional groups attached to an aromatic ring is 1. The van der Waals surface area contributed by atoms with Gasteiger partial charge in [-0.2, -0.15) is 0 Å². The van der Waals surface area contributed by atoms with E-state index < -0.39 is 0 Å². The topological polar surface area (TPSA) is 77.3 Å². The number of nitrogens with zero attached hydrogens (tertiary/aromatic N) is 5. The van der Waals surface area contributed by atoms with Gasteiger partial charge in [0, 0.05) is 54.3 Å². The van der Waals surface area contributed by atoms with E-state index in [1.165, 1.54) is 11.1 Å². The number of rotatable bonds is 6. The molecule has 2 aliphatic rings. The maximum Gasteiger partial charge on any atom is 0.226 e. The minimum atomic E-state index is 0.370. The fraction of sp³-hybridized carbons (Fsp3) is 0.462. The third kappa shape index (κ3) is 5.92. The van der Waals surface area contributed by atoms with Gasteiger partial charge in [-0.15, -0.1) is 10.2 Å². The first-order valence-corrected chi connectivity index (χ1v) is 13.1. The van der Waals surface area contributed by atoms with E-state index in [1.54, 1.807) is 0 Å². The van der Waals surface area contributed by atoms with Gasteiger partial charge in [0.25, 0.3) is 0 Å². The van der Waals surface area contributed by atoms with Gasteiger partial charge in [-0.3, -0.25) is 9.88 Å². The van der Waals surface area contributed by atoms with Gasteiger partial charge in [0.15, 0.2) is 0 Å². The Labute approximate surface area is 217 Å². The van der Waals surface area contributed by atoms with Crippen LogP contribution in [-0.2, 0) is 12.8 Å². The second-order valence-electron chi connectivity index (χ2n) is 9.86. The normalized spacial score (nSPS) is 22.5. The molecule has 0 spiro atoms. The van der Waals surface area contributed by atoms with Gasteiger partial charge in [0.05, 0.1) is 0 Å². The monoisotopic (exact) mass is 513 g/mol. The minimum absolute atomic E-state index is 0.370. The van der Waals surface area contributed by atoms with Gasteiger partial charge >= 0.3 is 0 Å². The third-order valence-electron chi connectivity index (χ3n) is 7.51. The van der Waals surface area contributed by atoms with Crippen molar-refractivity contribution >= 4 is 35.1 Å². The molecule has 0 bridgehead atoms. The van der Waals surface area contributed by atoms with Crippen LogP contribution in [0.2, 0.25) is 10.0 Å². The van der Waals surface area contributed by atoms with Crippen molar-refractivity contribution in [3.63, 3.8) is 0 Å². The fourth-order valence-electron chi connectivity index (χ4n) is 5.57. The van der Waals surface area contributed by atoms with E-state index in [2.05, 4.69) is 61.2 Å². The molecule has 2 aromatic carbocycles. The van der Waals surface area contributed by atoms with Crippen LogP contribution in [0.25, 0.3) is 0 Å². The molecule has 3 aromatic rings. The standard InChI is InChI=1S/C26H33Cl2N7/c1-33-16-24(15-19-4-8-21(28)9-5-19)35(17-23(33)14-18-2-6-20(27)7-3-18)22-10-12-34(13-11-22)26-30-25(29)31-32-26/h2-9,22-24H,10-17H2,1H3,(H3,29,30,31,32)/t23?,24-/m0/s1. The number of piperazine rings is 1. The number of aromatic nitrogens is 3. The summed E-state index contributed by atoms with van der Waals surface area (Å²) in [5.41, 5.74) is 8.42. The van der Waals surface area contributed by atoms with Crippen molar-refractivity contribution in [3.05, 3.63) is 69.7 Å². The lowest BCUT2D eigenvalue weighted by Gasteiger charge is -2.50. The van der Waals surface area contributed by atoms with E-state index in [4.69, 9.17) is 28.9 Å². The number of anilines is 2. The summed E-state index contributed by atoms with van der Waals surface area (Å²) in [4.78, 5) is 10.6. The second-order valence-corrected chi connectivity index (χ2v) is 10.7.